The van der Waals surface area contributed by atoms with Gasteiger partial charge in [0.15, 0.2) is 6.61 Å². The number of hydrogen-bond acceptors (Lipinski definition) is 5. The zero-order chi connectivity index (χ0) is 15.3. The lowest BCUT2D eigenvalue weighted by atomic mass is 10.2. The van der Waals surface area contributed by atoms with Gasteiger partial charge in [0.05, 0.1) is 18.7 Å². The molecule has 0 bridgehead atoms. The second-order valence-corrected chi connectivity index (χ2v) is 5.53. The topological polar surface area (TPSA) is 65.0 Å². The maximum Gasteiger partial charge on any atom is 0.344 e. The van der Waals surface area contributed by atoms with Crippen molar-refractivity contribution in [3.8, 4) is 11.5 Å². The van der Waals surface area contributed by atoms with Crippen LogP contribution in [0, 0.1) is 0 Å². The molecule has 1 aromatic rings. The fraction of sp³-hybridized carbons (Fsp3) is 0.500. The predicted molar refractivity (Wildman–Crippen MR) is 75.3 cm³/mol. The van der Waals surface area contributed by atoms with Gasteiger partial charge in [-0.25, -0.2) is 4.79 Å². The molecule has 0 atom stereocenters. The van der Waals surface area contributed by atoms with E-state index in [1.54, 1.807) is 20.8 Å². The molecular weight excluding hydrogens is 284 g/mol. The first-order valence-electron chi connectivity index (χ1n) is 6.08. The minimum absolute atomic E-state index is 0.199. The van der Waals surface area contributed by atoms with Crippen molar-refractivity contribution in [1.82, 2.24) is 0 Å². The quantitative estimate of drug-likeness (QED) is 0.847. The summed E-state index contributed by atoms with van der Waals surface area (Å²) in [6.07, 6.45) is 0. The van der Waals surface area contributed by atoms with Crippen LogP contribution in [0.5, 0.6) is 11.5 Å². The second-order valence-electron chi connectivity index (χ2n) is 5.13. The molecule has 1 rings (SSSR count). The minimum Gasteiger partial charge on any atom is -0.496 e. The highest BCUT2D eigenvalue weighted by Gasteiger charge is 2.17. The third kappa shape index (κ3) is 4.90. The molecule has 0 aliphatic rings. The Hall–Kier alpha value is -1.46. The largest absolute Gasteiger partial charge is 0.496 e. The van der Waals surface area contributed by atoms with E-state index in [1.807, 2.05) is 0 Å². The van der Waals surface area contributed by atoms with Crippen LogP contribution in [0.3, 0.4) is 0 Å². The summed E-state index contributed by atoms with van der Waals surface area (Å²) in [7, 11) is 1.47. The van der Waals surface area contributed by atoms with Crippen molar-refractivity contribution in [2.45, 2.75) is 33.0 Å². The molecule has 1 N–H and O–H groups in total. The van der Waals surface area contributed by atoms with Gasteiger partial charge >= 0.3 is 5.97 Å². The Bertz CT molecular complexity index is 479. The van der Waals surface area contributed by atoms with Crippen molar-refractivity contribution in [3.05, 3.63) is 22.7 Å². The fourth-order valence-electron chi connectivity index (χ4n) is 1.51. The molecule has 0 radical (unpaired) electrons. The molecule has 0 spiro atoms. The van der Waals surface area contributed by atoms with E-state index < -0.39 is 11.6 Å². The summed E-state index contributed by atoms with van der Waals surface area (Å²) >= 11 is 6.01. The maximum absolute atomic E-state index is 11.6. The number of hydrogen-bond donors (Lipinski definition) is 1. The predicted octanol–water partition coefficient (Wildman–Crippen LogP) is 2.56. The standard InChI is InChI=1S/C14H19ClO5/c1-14(2,3)20-13(17)8-19-12-6-11(18-4)9(7-16)5-10(12)15/h5-6,16H,7-8H2,1-4H3. The number of carbonyl (C=O) groups is 1. The van der Waals surface area contributed by atoms with Crippen LogP contribution in [0.4, 0.5) is 0 Å². The first-order valence-corrected chi connectivity index (χ1v) is 6.46. The molecule has 5 nitrogen and oxygen atoms in total. The Kier molecular flexibility index (Phi) is 5.65. The smallest absolute Gasteiger partial charge is 0.344 e. The number of esters is 1. The third-order valence-electron chi connectivity index (χ3n) is 2.27. The molecule has 0 saturated heterocycles. The molecule has 1 aromatic carbocycles. The van der Waals surface area contributed by atoms with E-state index in [0.29, 0.717) is 22.1 Å². The average molecular weight is 303 g/mol. The zero-order valence-corrected chi connectivity index (χ0v) is 12.8. The van der Waals surface area contributed by atoms with Crippen LogP contribution in [0.2, 0.25) is 5.02 Å². The molecule has 0 aliphatic heterocycles. The maximum atomic E-state index is 11.6. The van der Waals surface area contributed by atoms with Gasteiger partial charge in [-0.15, -0.1) is 0 Å². The number of halogens is 1. The number of rotatable bonds is 5. The number of aliphatic hydroxyl groups excluding tert-OH is 1. The van der Waals surface area contributed by atoms with Crippen molar-refractivity contribution in [2.24, 2.45) is 0 Å². The SMILES string of the molecule is COc1cc(OCC(=O)OC(C)(C)C)c(Cl)cc1CO. The number of aliphatic hydroxyl groups is 1. The van der Waals surface area contributed by atoms with Crippen LogP contribution in [-0.4, -0.2) is 30.4 Å². The van der Waals surface area contributed by atoms with Gasteiger partial charge in [0.1, 0.15) is 17.1 Å². The summed E-state index contributed by atoms with van der Waals surface area (Å²) in [6.45, 7) is 4.87. The number of carbonyl (C=O) groups excluding carboxylic acids is 1. The molecule has 112 valence electrons. The summed E-state index contributed by atoms with van der Waals surface area (Å²) in [5.41, 5.74) is -0.0232. The van der Waals surface area contributed by atoms with E-state index in [-0.39, 0.29) is 13.2 Å². The van der Waals surface area contributed by atoms with Gasteiger partial charge in [0.25, 0.3) is 0 Å². The molecule has 0 fully saturated rings. The van der Waals surface area contributed by atoms with Crippen LogP contribution in [-0.2, 0) is 16.1 Å². The van der Waals surface area contributed by atoms with Crippen LogP contribution in [0.25, 0.3) is 0 Å². The second kappa shape index (κ2) is 6.81. The molecule has 6 heteroatoms. The summed E-state index contributed by atoms with van der Waals surface area (Å²) in [4.78, 5) is 11.6. The lowest BCUT2D eigenvalue weighted by Gasteiger charge is -2.19. The Morgan fingerprint density at radius 1 is 1.30 bits per heavy atom. The summed E-state index contributed by atoms with van der Waals surface area (Å²) in [5, 5.41) is 9.45. The van der Waals surface area contributed by atoms with Gasteiger partial charge in [0.2, 0.25) is 0 Å². The normalized spacial score (nSPS) is 11.1. The molecular formula is C14H19ClO5. The number of methoxy groups -OCH3 is 1. The van der Waals surface area contributed by atoms with E-state index in [4.69, 9.17) is 30.9 Å². The van der Waals surface area contributed by atoms with Gasteiger partial charge in [0, 0.05) is 11.6 Å². The highest BCUT2D eigenvalue weighted by molar-refractivity contribution is 6.32. The Balaban J connectivity index is 2.76. The van der Waals surface area contributed by atoms with Crippen molar-refractivity contribution in [2.75, 3.05) is 13.7 Å². The molecule has 20 heavy (non-hydrogen) atoms. The van der Waals surface area contributed by atoms with Crippen LogP contribution in [0.15, 0.2) is 12.1 Å². The zero-order valence-electron chi connectivity index (χ0n) is 12.0. The number of ether oxygens (including phenoxy) is 3. The van der Waals surface area contributed by atoms with Gasteiger partial charge < -0.3 is 19.3 Å². The van der Waals surface area contributed by atoms with Gasteiger partial charge in [-0.05, 0) is 26.8 Å². The summed E-state index contributed by atoms with van der Waals surface area (Å²) < 4.78 is 15.5. The molecule has 0 aliphatic carbocycles. The van der Waals surface area contributed by atoms with Gasteiger partial charge in [-0.3, -0.25) is 0 Å². The lowest BCUT2D eigenvalue weighted by Crippen LogP contribution is -2.27. The lowest BCUT2D eigenvalue weighted by molar-refractivity contribution is -0.157. The van der Waals surface area contributed by atoms with Crippen molar-refractivity contribution >= 4 is 17.6 Å². The van der Waals surface area contributed by atoms with E-state index in [9.17, 15) is 4.79 Å². The van der Waals surface area contributed by atoms with Crippen LogP contribution < -0.4 is 9.47 Å². The molecule has 0 heterocycles. The van der Waals surface area contributed by atoms with E-state index in [0.717, 1.165) is 0 Å². The van der Waals surface area contributed by atoms with Crippen LogP contribution in [0.1, 0.15) is 26.3 Å². The average Bonchev–Trinajstić information content (AvgIpc) is 2.34. The van der Waals surface area contributed by atoms with Crippen LogP contribution >= 0.6 is 11.6 Å². The molecule has 0 amide bonds. The molecule has 0 unspecified atom stereocenters. The molecule has 0 aromatic heterocycles. The third-order valence-corrected chi connectivity index (χ3v) is 2.57. The van der Waals surface area contributed by atoms with Gasteiger partial charge in [-0.1, -0.05) is 11.6 Å². The van der Waals surface area contributed by atoms with Crippen molar-refractivity contribution < 1.29 is 24.1 Å². The minimum atomic E-state index is -0.567. The van der Waals surface area contributed by atoms with Crippen molar-refractivity contribution in [1.29, 1.82) is 0 Å². The highest BCUT2D eigenvalue weighted by Crippen LogP contribution is 2.32. The first-order chi connectivity index (χ1) is 9.26. The summed E-state index contributed by atoms with van der Waals surface area (Å²) in [6, 6.07) is 3.06. The highest BCUT2D eigenvalue weighted by atomic mass is 35.5. The fourth-order valence-corrected chi connectivity index (χ4v) is 1.75. The summed E-state index contributed by atoms with van der Waals surface area (Å²) in [5.74, 6) is 0.251. The number of benzene rings is 1. The van der Waals surface area contributed by atoms with E-state index >= 15 is 0 Å². The van der Waals surface area contributed by atoms with E-state index in [1.165, 1.54) is 19.2 Å². The van der Waals surface area contributed by atoms with Gasteiger partial charge in [-0.2, -0.15) is 0 Å². The molecule has 0 saturated carbocycles. The Morgan fingerprint density at radius 3 is 2.45 bits per heavy atom. The Morgan fingerprint density at radius 2 is 1.95 bits per heavy atom. The van der Waals surface area contributed by atoms with E-state index in [2.05, 4.69) is 0 Å². The monoisotopic (exact) mass is 302 g/mol. The Labute approximate surface area is 123 Å². The first kappa shape index (κ1) is 16.6. The van der Waals surface area contributed by atoms with Crippen molar-refractivity contribution in [3.63, 3.8) is 0 Å².